The lowest BCUT2D eigenvalue weighted by Gasteiger charge is -2.18. The SMILES string of the molecule is CN(C)Sc1cn(-c2nccs2)c2nc(N3CCC(O)C3)ccc2c1=O. The largest absolute Gasteiger partial charge is 0.391 e. The maximum absolute atomic E-state index is 12.9. The minimum absolute atomic E-state index is 0.0352. The molecule has 3 aromatic rings. The normalized spacial score (nSPS) is 17.5. The summed E-state index contributed by atoms with van der Waals surface area (Å²) < 4.78 is 3.77. The molecule has 0 saturated carbocycles. The molecular weight excluding hydrogens is 370 g/mol. The molecule has 0 amide bonds. The van der Waals surface area contributed by atoms with Crippen LogP contribution in [-0.2, 0) is 0 Å². The van der Waals surface area contributed by atoms with Crippen molar-refractivity contribution in [2.45, 2.75) is 17.4 Å². The number of thiazole rings is 1. The van der Waals surface area contributed by atoms with Gasteiger partial charge in [-0.2, -0.15) is 0 Å². The van der Waals surface area contributed by atoms with E-state index >= 15 is 0 Å². The van der Waals surface area contributed by atoms with Gasteiger partial charge in [-0.3, -0.25) is 13.7 Å². The summed E-state index contributed by atoms with van der Waals surface area (Å²) in [5.74, 6) is 0.770. The quantitative estimate of drug-likeness (QED) is 0.684. The Morgan fingerprint density at radius 3 is 2.88 bits per heavy atom. The third kappa shape index (κ3) is 3.23. The fourth-order valence-corrected chi connectivity index (χ4v) is 4.39. The van der Waals surface area contributed by atoms with Crippen molar-refractivity contribution in [1.82, 2.24) is 18.8 Å². The first-order valence-electron chi connectivity index (χ1n) is 8.27. The highest BCUT2D eigenvalue weighted by molar-refractivity contribution is 7.97. The Kier molecular flexibility index (Phi) is 4.70. The van der Waals surface area contributed by atoms with Gasteiger partial charge in [0.2, 0.25) is 5.43 Å². The van der Waals surface area contributed by atoms with Gasteiger partial charge >= 0.3 is 0 Å². The van der Waals surface area contributed by atoms with Crippen molar-refractivity contribution >= 4 is 40.1 Å². The Labute approximate surface area is 159 Å². The van der Waals surface area contributed by atoms with Gasteiger partial charge in [0.15, 0.2) is 10.8 Å². The van der Waals surface area contributed by atoms with E-state index in [-0.39, 0.29) is 11.5 Å². The van der Waals surface area contributed by atoms with Crippen molar-refractivity contribution < 1.29 is 5.11 Å². The molecule has 1 aliphatic heterocycles. The Balaban J connectivity index is 1.91. The smallest absolute Gasteiger partial charge is 0.205 e. The van der Waals surface area contributed by atoms with Gasteiger partial charge in [-0.25, -0.2) is 9.97 Å². The van der Waals surface area contributed by atoms with Crippen LogP contribution < -0.4 is 10.3 Å². The molecule has 1 atom stereocenters. The molecule has 1 N–H and O–H groups in total. The molecule has 26 heavy (non-hydrogen) atoms. The molecular formula is C17H19N5O2S2. The van der Waals surface area contributed by atoms with E-state index in [9.17, 15) is 9.90 Å². The average Bonchev–Trinajstić information content (AvgIpc) is 3.28. The molecule has 7 nitrogen and oxygen atoms in total. The van der Waals surface area contributed by atoms with Gasteiger partial charge in [-0.1, -0.05) is 0 Å². The molecule has 9 heteroatoms. The van der Waals surface area contributed by atoms with Crippen LogP contribution in [0.2, 0.25) is 0 Å². The monoisotopic (exact) mass is 389 g/mol. The number of pyridine rings is 2. The number of β-amino-alcohol motifs (C(OH)–C–C–N with tert-alkyl or cyclic N) is 1. The average molecular weight is 390 g/mol. The van der Waals surface area contributed by atoms with Gasteiger partial charge in [0, 0.05) is 30.9 Å². The zero-order valence-corrected chi connectivity index (χ0v) is 16.1. The highest BCUT2D eigenvalue weighted by atomic mass is 32.2. The molecule has 0 spiro atoms. The van der Waals surface area contributed by atoms with E-state index in [1.807, 2.05) is 51.6 Å². The molecule has 0 aliphatic carbocycles. The molecule has 1 aliphatic rings. The van der Waals surface area contributed by atoms with Crippen molar-refractivity contribution in [3.05, 3.63) is 40.1 Å². The van der Waals surface area contributed by atoms with Crippen LogP contribution in [0.1, 0.15) is 6.42 Å². The lowest BCUT2D eigenvalue weighted by atomic mass is 10.2. The van der Waals surface area contributed by atoms with E-state index in [2.05, 4.69) is 4.98 Å². The number of nitrogens with zero attached hydrogens (tertiary/aromatic N) is 5. The first-order chi connectivity index (χ1) is 12.5. The number of aliphatic hydroxyl groups is 1. The summed E-state index contributed by atoms with van der Waals surface area (Å²) in [6.07, 6.45) is 3.96. The third-order valence-electron chi connectivity index (χ3n) is 4.20. The molecule has 136 valence electrons. The zero-order valence-electron chi connectivity index (χ0n) is 14.5. The second-order valence-electron chi connectivity index (χ2n) is 6.34. The number of aromatic nitrogens is 3. The number of fused-ring (bicyclic) bond motifs is 1. The van der Waals surface area contributed by atoms with Crippen LogP contribution in [0.4, 0.5) is 5.82 Å². The van der Waals surface area contributed by atoms with Gasteiger partial charge in [-0.05, 0) is 44.6 Å². The summed E-state index contributed by atoms with van der Waals surface area (Å²) in [4.78, 5) is 24.7. The van der Waals surface area contributed by atoms with E-state index in [4.69, 9.17) is 4.98 Å². The van der Waals surface area contributed by atoms with Gasteiger partial charge in [-0.15, -0.1) is 11.3 Å². The predicted octanol–water partition coefficient (Wildman–Crippen LogP) is 1.98. The van der Waals surface area contributed by atoms with Gasteiger partial charge in [0.1, 0.15) is 5.82 Å². The van der Waals surface area contributed by atoms with Crippen molar-refractivity contribution in [3.8, 4) is 5.13 Å². The van der Waals surface area contributed by atoms with E-state index < -0.39 is 0 Å². The molecule has 1 unspecified atom stereocenters. The van der Waals surface area contributed by atoms with E-state index in [1.54, 1.807) is 6.20 Å². The number of aliphatic hydroxyl groups excluding tert-OH is 1. The van der Waals surface area contributed by atoms with Gasteiger partial charge < -0.3 is 10.0 Å². The van der Waals surface area contributed by atoms with Crippen LogP contribution >= 0.6 is 23.3 Å². The summed E-state index contributed by atoms with van der Waals surface area (Å²) in [5.41, 5.74) is 0.555. The van der Waals surface area contributed by atoms with Crippen LogP contribution in [-0.4, -0.2) is 57.2 Å². The standard InChI is InChI=1S/C17H19N5O2S2/c1-20(2)26-13-10-22(17-18-6-8-25-17)16-12(15(13)24)3-4-14(19-16)21-7-5-11(23)9-21/h3-4,6,8,10-11,23H,5,7,9H2,1-2H3. The van der Waals surface area contributed by atoms with Crippen molar-refractivity contribution in [1.29, 1.82) is 0 Å². The Bertz CT molecular complexity index is 987. The first kappa shape index (κ1) is 17.5. The topological polar surface area (TPSA) is 74.5 Å². The molecule has 4 heterocycles. The maximum atomic E-state index is 12.9. The van der Waals surface area contributed by atoms with Crippen LogP contribution in [0.5, 0.6) is 0 Å². The zero-order chi connectivity index (χ0) is 18.3. The van der Waals surface area contributed by atoms with Gasteiger partial charge in [0.05, 0.1) is 16.4 Å². The molecule has 0 radical (unpaired) electrons. The van der Waals surface area contributed by atoms with Crippen LogP contribution in [0.25, 0.3) is 16.2 Å². The highest BCUT2D eigenvalue weighted by Crippen LogP contribution is 2.26. The summed E-state index contributed by atoms with van der Waals surface area (Å²) in [5, 5.41) is 13.0. The first-order valence-corrected chi connectivity index (χ1v) is 9.93. The molecule has 0 aromatic carbocycles. The highest BCUT2D eigenvalue weighted by Gasteiger charge is 2.22. The Morgan fingerprint density at radius 2 is 2.23 bits per heavy atom. The molecule has 1 saturated heterocycles. The van der Waals surface area contributed by atoms with Crippen LogP contribution in [0.3, 0.4) is 0 Å². The van der Waals surface area contributed by atoms with Crippen LogP contribution in [0, 0.1) is 0 Å². The van der Waals surface area contributed by atoms with Crippen molar-refractivity contribution in [2.24, 2.45) is 0 Å². The van der Waals surface area contributed by atoms with E-state index in [1.165, 1.54) is 23.3 Å². The molecule has 0 bridgehead atoms. The fraction of sp³-hybridized carbons (Fsp3) is 0.353. The Hall–Kier alpha value is -1.94. The maximum Gasteiger partial charge on any atom is 0.205 e. The van der Waals surface area contributed by atoms with Crippen molar-refractivity contribution in [3.63, 3.8) is 0 Å². The van der Waals surface area contributed by atoms with E-state index in [0.717, 1.165) is 23.9 Å². The minimum atomic E-state index is -0.326. The number of hydrogen-bond donors (Lipinski definition) is 1. The second-order valence-corrected chi connectivity index (χ2v) is 8.57. The van der Waals surface area contributed by atoms with Crippen molar-refractivity contribution in [2.75, 3.05) is 32.1 Å². The molecule has 1 fully saturated rings. The lowest BCUT2D eigenvalue weighted by Crippen LogP contribution is -2.23. The predicted molar refractivity (Wildman–Crippen MR) is 105 cm³/mol. The summed E-state index contributed by atoms with van der Waals surface area (Å²) in [6, 6.07) is 3.69. The van der Waals surface area contributed by atoms with Gasteiger partial charge in [0.25, 0.3) is 0 Å². The minimum Gasteiger partial charge on any atom is -0.391 e. The third-order valence-corrected chi connectivity index (χ3v) is 5.82. The summed E-state index contributed by atoms with van der Waals surface area (Å²) in [7, 11) is 3.81. The second kappa shape index (κ2) is 6.99. The van der Waals surface area contributed by atoms with Crippen LogP contribution in [0.15, 0.2) is 39.6 Å². The fourth-order valence-electron chi connectivity index (χ4n) is 3.04. The number of rotatable bonds is 4. The number of hydrogen-bond acceptors (Lipinski definition) is 8. The Morgan fingerprint density at radius 1 is 1.38 bits per heavy atom. The summed E-state index contributed by atoms with van der Waals surface area (Å²) in [6.45, 7) is 1.32. The molecule has 3 aromatic heterocycles. The number of anilines is 1. The van der Waals surface area contributed by atoms with E-state index in [0.29, 0.717) is 22.5 Å². The lowest BCUT2D eigenvalue weighted by molar-refractivity contribution is 0.198. The molecule has 4 rings (SSSR count). The summed E-state index contributed by atoms with van der Waals surface area (Å²) >= 11 is 2.88.